The molecule has 27 heavy (non-hydrogen) atoms. The monoisotopic (exact) mass is 366 g/mol. The second-order valence-corrected chi connectivity index (χ2v) is 7.58. The average Bonchev–Trinajstić information content (AvgIpc) is 2.86. The van der Waals surface area contributed by atoms with Gasteiger partial charge in [0, 0.05) is 37.9 Å². The van der Waals surface area contributed by atoms with Gasteiger partial charge in [-0.15, -0.1) is 0 Å². The average molecular weight is 366 g/mol. The van der Waals surface area contributed by atoms with Gasteiger partial charge in [0.15, 0.2) is 5.69 Å². The van der Waals surface area contributed by atoms with Crippen LogP contribution in [0.2, 0.25) is 0 Å². The molecule has 3 aliphatic heterocycles. The number of benzene rings is 1. The zero-order valence-electron chi connectivity index (χ0n) is 16.0. The van der Waals surface area contributed by atoms with E-state index in [1.165, 1.54) is 0 Å². The highest BCUT2D eigenvalue weighted by molar-refractivity contribution is 5.93. The number of hydrogen-bond acceptors (Lipinski definition) is 3. The summed E-state index contributed by atoms with van der Waals surface area (Å²) >= 11 is 0. The minimum atomic E-state index is -0.106. The molecule has 1 aromatic heterocycles. The largest absolute Gasteiger partial charge is 0.334 e. The molecule has 6 nitrogen and oxygen atoms in total. The summed E-state index contributed by atoms with van der Waals surface area (Å²) < 4.78 is 1.84. The summed E-state index contributed by atoms with van der Waals surface area (Å²) in [7, 11) is 0. The Kier molecular flexibility index (Phi) is 4.72. The number of nitrogens with zero attached hydrogens (tertiary/aromatic N) is 4. The molecule has 3 saturated heterocycles. The molecule has 1 aromatic carbocycles. The Morgan fingerprint density at radius 3 is 2.67 bits per heavy atom. The number of fused-ring (bicyclic) bond motifs is 4. The Balaban J connectivity index is 1.55. The molecule has 0 N–H and O–H groups in total. The van der Waals surface area contributed by atoms with Crippen LogP contribution in [-0.4, -0.2) is 50.5 Å². The quantitative estimate of drug-likeness (QED) is 0.835. The Morgan fingerprint density at radius 1 is 1.19 bits per heavy atom. The predicted octanol–water partition coefficient (Wildman–Crippen LogP) is 2.47. The maximum atomic E-state index is 13.0. The Hall–Kier alpha value is -2.63. The van der Waals surface area contributed by atoms with Gasteiger partial charge in [-0.25, -0.2) is 0 Å². The standard InChI is InChI=1S/C21H26N4O2/c1-3-25-15(2)11-19(22-25)21(27)23-13-17-9-10-18(14-23)24(20(17)26)12-16-7-5-4-6-8-16/h4-8,11,17-18H,3,9-10,12-14H2,1-2H3/t17-,18+/m1/s1. The van der Waals surface area contributed by atoms with Gasteiger partial charge in [-0.1, -0.05) is 30.3 Å². The molecule has 2 aromatic rings. The van der Waals surface area contributed by atoms with Crippen molar-refractivity contribution in [2.24, 2.45) is 5.92 Å². The number of carbonyl (C=O) groups is 2. The number of amides is 2. The van der Waals surface area contributed by atoms with Crippen LogP contribution in [0.25, 0.3) is 0 Å². The first-order chi connectivity index (χ1) is 13.1. The van der Waals surface area contributed by atoms with E-state index >= 15 is 0 Å². The topological polar surface area (TPSA) is 58.4 Å². The van der Waals surface area contributed by atoms with Crippen molar-refractivity contribution in [3.63, 3.8) is 0 Å². The normalized spacial score (nSPS) is 22.2. The molecule has 5 rings (SSSR count). The molecule has 3 aliphatic rings. The van der Waals surface area contributed by atoms with Crippen molar-refractivity contribution in [2.45, 2.75) is 45.8 Å². The zero-order chi connectivity index (χ0) is 19.0. The highest BCUT2D eigenvalue weighted by Gasteiger charge is 2.42. The first-order valence-corrected chi connectivity index (χ1v) is 9.75. The molecule has 2 bridgehead atoms. The van der Waals surface area contributed by atoms with Crippen molar-refractivity contribution >= 4 is 11.8 Å². The molecule has 0 aliphatic carbocycles. The molecule has 0 saturated carbocycles. The van der Waals surface area contributed by atoms with Gasteiger partial charge in [-0.3, -0.25) is 14.3 Å². The molecule has 2 amide bonds. The lowest BCUT2D eigenvalue weighted by Crippen LogP contribution is -2.47. The van der Waals surface area contributed by atoms with E-state index in [0.717, 1.165) is 30.6 Å². The van der Waals surface area contributed by atoms with E-state index in [2.05, 4.69) is 17.2 Å². The number of aryl methyl sites for hydroxylation is 2. The van der Waals surface area contributed by atoms with E-state index in [9.17, 15) is 9.59 Å². The Labute approximate surface area is 159 Å². The molecular formula is C21H26N4O2. The molecule has 0 unspecified atom stereocenters. The van der Waals surface area contributed by atoms with Crippen molar-refractivity contribution in [2.75, 3.05) is 13.1 Å². The van der Waals surface area contributed by atoms with Gasteiger partial charge < -0.3 is 9.80 Å². The second-order valence-electron chi connectivity index (χ2n) is 7.58. The Bertz CT molecular complexity index is 845. The van der Waals surface area contributed by atoms with E-state index in [4.69, 9.17) is 0 Å². The SMILES string of the molecule is CCn1nc(C(=O)N2C[C@H]3CC[C@@H](C2)N(Cc2ccccc2)C3=O)cc1C. The fourth-order valence-corrected chi connectivity index (χ4v) is 4.29. The lowest BCUT2D eigenvalue weighted by molar-refractivity contribution is -0.140. The highest BCUT2D eigenvalue weighted by atomic mass is 16.2. The third kappa shape index (κ3) is 3.36. The van der Waals surface area contributed by atoms with Crippen molar-refractivity contribution in [1.82, 2.24) is 19.6 Å². The maximum Gasteiger partial charge on any atom is 0.274 e. The van der Waals surface area contributed by atoms with Crippen LogP contribution in [0.5, 0.6) is 0 Å². The van der Waals surface area contributed by atoms with Crippen LogP contribution in [-0.2, 0) is 17.9 Å². The summed E-state index contributed by atoms with van der Waals surface area (Å²) in [5.74, 6) is 0.0167. The van der Waals surface area contributed by atoms with Gasteiger partial charge in [0.25, 0.3) is 5.91 Å². The molecule has 4 heterocycles. The smallest absolute Gasteiger partial charge is 0.274 e. The van der Waals surface area contributed by atoms with Gasteiger partial charge in [-0.2, -0.15) is 5.10 Å². The summed E-state index contributed by atoms with van der Waals surface area (Å²) in [6.07, 6.45) is 1.82. The summed E-state index contributed by atoms with van der Waals surface area (Å²) in [5, 5.41) is 4.44. The van der Waals surface area contributed by atoms with Crippen LogP contribution >= 0.6 is 0 Å². The van der Waals surface area contributed by atoms with Crippen LogP contribution in [0.15, 0.2) is 36.4 Å². The summed E-state index contributed by atoms with van der Waals surface area (Å²) in [4.78, 5) is 29.9. The lowest BCUT2D eigenvalue weighted by atomic mass is 9.93. The van der Waals surface area contributed by atoms with Crippen LogP contribution in [0.1, 0.15) is 41.5 Å². The van der Waals surface area contributed by atoms with Gasteiger partial charge in [-0.05, 0) is 38.3 Å². The maximum absolute atomic E-state index is 13.0. The van der Waals surface area contributed by atoms with Crippen molar-refractivity contribution < 1.29 is 9.59 Å². The minimum absolute atomic E-state index is 0.0587. The van der Waals surface area contributed by atoms with Crippen molar-refractivity contribution in [1.29, 1.82) is 0 Å². The number of piperidine rings is 1. The molecule has 3 fully saturated rings. The highest BCUT2D eigenvalue weighted by Crippen LogP contribution is 2.31. The van der Waals surface area contributed by atoms with E-state index in [1.54, 1.807) is 0 Å². The molecule has 6 heteroatoms. The minimum Gasteiger partial charge on any atom is -0.334 e. The van der Waals surface area contributed by atoms with Crippen LogP contribution in [0, 0.1) is 12.8 Å². The predicted molar refractivity (Wildman–Crippen MR) is 102 cm³/mol. The van der Waals surface area contributed by atoms with Gasteiger partial charge >= 0.3 is 0 Å². The van der Waals surface area contributed by atoms with Gasteiger partial charge in [0.05, 0.1) is 5.92 Å². The molecule has 142 valence electrons. The van der Waals surface area contributed by atoms with E-state index in [1.807, 2.05) is 52.6 Å². The van der Waals surface area contributed by atoms with E-state index < -0.39 is 0 Å². The zero-order valence-corrected chi connectivity index (χ0v) is 16.0. The number of aromatic nitrogens is 2. The summed E-state index contributed by atoms with van der Waals surface area (Å²) in [6.45, 7) is 6.43. The number of rotatable bonds is 4. The first-order valence-electron chi connectivity index (χ1n) is 9.75. The fourth-order valence-electron chi connectivity index (χ4n) is 4.29. The van der Waals surface area contributed by atoms with Crippen molar-refractivity contribution in [3.8, 4) is 0 Å². The fraction of sp³-hybridized carbons (Fsp3) is 0.476. The first kappa shape index (κ1) is 17.8. The second kappa shape index (κ2) is 7.18. The van der Waals surface area contributed by atoms with Crippen LogP contribution in [0.4, 0.5) is 0 Å². The third-order valence-corrected chi connectivity index (χ3v) is 5.78. The van der Waals surface area contributed by atoms with Gasteiger partial charge in [0.2, 0.25) is 5.91 Å². The summed E-state index contributed by atoms with van der Waals surface area (Å²) in [6, 6.07) is 12.0. The molecule has 0 radical (unpaired) electrons. The number of carbonyl (C=O) groups excluding carboxylic acids is 2. The number of hydrogen-bond donors (Lipinski definition) is 0. The van der Waals surface area contributed by atoms with E-state index in [0.29, 0.717) is 25.3 Å². The van der Waals surface area contributed by atoms with Crippen LogP contribution < -0.4 is 0 Å². The van der Waals surface area contributed by atoms with Gasteiger partial charge in [0.1, 0.15) is 0 Å². The summed E-state index contributed by atoms with van der Waals surface area (Å²) in [5.41, 5.74) is 2.60. The molecule has 0 spiro atoms. The van der Waals surface area contributed by atoms with Crippen LogP contribution in [0.3, 0.4) is 0 Å². The van der Waals surface area contributed by atoms with Crippen molar-refractivity contribution in [3.05, 3.63) is 53.3 Å². The molecular weight excluding hydrogens is 340 g/mol. The molecule has 2 atom stereocenters. The Morgan fingerprint density at radius 2 is 1.96 bits per heavy atom. The van der Waals surface area contributed by atoms with E-state index in [-0.39, 0.29) is 23.8 Å². The third-order valence-electron chi connectivity index (χ3n) is 5.78. The lowest BCUT2D eigenvalue weighted by Gasteiger charge is -2.36.